The van der Waals surface area contributed by atoms with Crippen LogP contribution in [-0.2, 0) is 4.74 Å². The number of ether oxygens (including phenoxy) is 1. The molecular formula is C9H18OS2. The second kappa shape index (κ2) is 5.40. The van der Waals surface area contributed by atoms with Gasteiger partial charge in [-0.2, -0.15) is 0 Å². The summed E-state index contributed by atoms with van der Waals surface area (Å²) in [6.07, 6.45) is 3.53. The predicted molar refractivity (Wildman–Crippen MR) is 58.5 cm³/mol. The lowest BCUT2D eigenvalue weighted by atomic mass is 10.5. The van der Waals surface area contributed by atoms with Crippen molar-refractivity contribution in [3.63, 3.8) is 0 Å². The molecule has 1 nitrogen and oxygen atoms in total. The van der Waals surface area contributed by atoms with E-state index in [-0.39, 0.29) is 0 Å². The minimum absolute atomic E-state index is 0.446. The van der Waals surface area contributed by atoms with Crippen LogP contribution >= 0.6 is 23.5 Å². The van der Waals surface area contributed by atoms with Gasteiger partial charge in [0.15, 0.2) is 0 Å². The minimum Gasteiger partial charge on any atom is -0.354 e. The van der Waals surface area contributed by atoms with Gasteiger partial charge in [-0.15, -0.1) is 23.5 Å². The van der Waals surface area contributed by atoms with Gasteiger partial charge in [-0.05, 0) is 19.3 Å². The zero-order valence-corrected chi connectivity index (χ0v) is 9.71. The monoisotopic (exact) mass is 206 g/mol. The van der Waals surface area contributed by atoms with Crippen LogP contribution in [0.5, 0.6) is 0 Å². The summed E-state index contributed by atoms with van der Waals surface area (Å²) in [7, 11) is 0. The van der Waals surface area contributed by atoms with Gasteiger partial charge in [0.05, 0.1) is 4.58 Å². The van der Waals surface area contributed by atoms with E-state index in [0.717, 1.165) is 17.4 Å². The molecule has 72 valence electrons. The van der Waals surface area contributed by atoms with Crippen LogP contribution in [0.25, 0.3) is 0 Å². The molecule has 2 atom stereocenters. The number of hydrogen-bond acceptors (Lipinski definition) is 3. The van der Waals surface area contributed by atoms with Gasteiger partial charge in [0, 0.05) is 0 Å². The van der Waals surface area contributed by atoms with Crippen molar-refractivity contribution in [2.45, 2.75) is 55.5 Å². The molecule has 1 heterocycles. The maximum absolute atomic E-state index is 5.84. The zero-order valence-electron chi connectivity index (χ0n) is 8.08. The Balaban J connectivity index is 2.41. The van der Waals surface area contributed by atoms with Crippen molar-refractivity contribution < 1.29 is 4.74 Å². The molecule has 1 aliphatic heterocycles. The molecule has 0 saturated carbocycles. The lowest BCUT2D eigenvalue weighted by Crippen LogP contribution is -2.25. The van der Waals surface area contributed by atoms with Crippen LogP contribution in [-0.4, -0.2) is 15.5 Å². The maximum Gasteiger partial charge on any atom is 0.105 e. The van der Waals surface area contributed by atoms with E-state index in [1.165, 1.54) is 6.42 Å². The quantitative estimate of drug-likeness (QED) is 0.697. The fourth-order valence-electron chi connectivity index (χ4n) is 1.18. The molecule has 0 spiro atoms. The Bertz CT molecular complexity index is 99.9. The average molecular weight is 206 g/mol. The van der Waals surface area contributed by atoms with Gasteiger partial charge in [-0.25, -0.2) is 0 Å². The molecule has 0 amide bonds. The first-order chi connectivity index (χ1) is 5.80. The molecule has 0 radical (unpaired) electrons. The first-order valence-corrected chi connectivity index (χ1v) is 6.65. The van der Waals surface area contributed by atoms with Crippen molar-refractivity contribution in [3.05, 3.63) is 0 Å². The standard InChI is InChI=1S/C9H18OS2/c1-4-7-10-8(5-2)12-9(6-3)11-7/h7-9H,4-6H2,1-3H3. The minimum atomic E-state index is 0.446. The van der Waals surface area contributed by atoms with Crippen molar-refractivity contribution >= 4 is 23.5 Å². The Kier molecular flexibility index (Phi) is 4.84. The molecule has 1 aliphatic rings. The highest BCUT2D eigenvalue weighted by Crippen LogP contribution is 2.42. The molecule has 0 aromatic carbocycles. The smallest absolute Gasteiger partial charge is 0.105 e. The number of hydrogen-bond donors (Lipinski definition) is 0. The van der Waals surface area contributed by atoms with Gasteiger partial charge in [0.25, 0.3) is 0 Å². The highest BCUT2D eigenvalue weighted by molar-refractivity contribution is 8.17. The first-order valence-electron chi connectivity index (χ1n) is 4.76. The van der Waals surface area contributed by atoms with Crippen molar-refractivity contribution in [1.82, 2.24) is 0 Å². The Hall–Kier alpha value is 0.660. The van der Waals surface area contributed by atoms with Gasteiger partial charge in [0.1, 0.15) is 10.9 Å². The lowest BCUT2D eigenvalue weighted by Gasteiger charge is -2.33. The van der Waals surface area contributed by atoms with Crippen LogP contribution in [0, 0.1) is 0 Å². The van der Waals surface area contributed by atoms with Crippen molar-refractivity contribution in [2.24, 2.45) is 0 Å². The fraction of sp³-hybridized carbons (Fsp3) is 1.00. The second-order valence-corrected chi connectivity index (χ2v) is 5.95. The molecule has 1 rings (SSSR count). The highest BCUT2D eigenvalue weighted by Gasteiger charge is 2.27. The summed E-state index contributed by atoms with van der Waals surface area (Å²) in [5.41, 5.74) is 0.891. The van der Waals surface area contributed by atoms with Crippen LogP contribution in [0.2, 0.25) is 0 Å². The molecule has 0 aromatic rings. The maximum atomic E-state index is 5.84. The predicted octanol–water partition coefficient (Wildman–Crippen LogP) is 3.69. The van der Waals surface area contributed by atoms with E-state index < -0.39 is 0 Å². The molecule has 3 heteroatoms. The molecular weight excluding hydrogens is 188 g/mol. The van der Waals surface area contributed by atoms with Gasteiger partial charge in [0.2, 0.25) is 0 Å². The van der Waals surface area contributed by atoms with Crippen molar-refractivity contribution in [2.75, 3.05) is 0 Å². The normalized spacial score (nSPS) is 36.8. The summed E-state index contributed by atoms with van der Waals surface area (Å²) >= 11 is 3.98. The van der Waals surface area contributed by atoms with Gasteiger partial charge in [-0.3, -0.25) is 0 Å². The SMILES string of the molecule is CCC1OC(CC)SC(CC)S1. The second-order valence-electron chi connectivity index (χ2n) is 2.92. The molecule has 0 aliphatic carbocycles. The summed E-state index contributed by atoms with van der Waals surface area (Å²) in [4.78, 5) is 0. The summed E-state index contributed by atoms with van der Waals surface area (Å²) in [6, 6.07) is 0. The molecule has 1 saturated heterocycles. The number of rotatable bonds is 3. The van der Waals surface area contributed by atoms with Gasteiger partial charge < -0.3 is 4.74 Å². The van der Waals surface area contributed by atoms with E-state index >= 15 is 0 Å². The molecule has 0 N–H and O–H groups in total. The largest absolute Gasteiger partial charge is 0.354 e. The van der Waals surface area contributed by atoms with Crippen LogP contribution in [0.15, 0.2) is 0 Å². The summed E-state index contributed by atoms with van der Waals surface area (Å²) < 4.78 is 6.60. The third-order valence-electron chi connectivity index (χ3n) is 1.91. The van der Waals surface area contributed by atoms with Crippen LogP contribution < -0.4 is 0 Å². The van der Waals surface area contributed by atoms with Crippen LogP contribution in [0.4, 0.5) is 0 Å². The highest BCUT2D eigenvalue weighted by atomic mass is 32.2. The van der Waals surface area contributed by atoms with E-state index in [2.05, 4.69) is 20.8 Å². The van der Waals surface area contributed by atoms with E-state index in [9.17, 15) is 0 Å². The lowest BCUT2D eigenvalue weighted by molar-refractivity contribution is 0.0843. The van der Waals surface area contributed by atoms with Gasteiger partial charge in [-0.1, -0.05) is 20.8 Å². The Morgan fingerprint density at radius 2 is 1.42 bits per heavy atom. The summed E-state index contributed by atoms with van der Waals surface area (Å²) in [6.45, 7) is 6.66. The van der Waals surface area contributed by atoms with Crippen molar-refractivity contribution in [1.29, 1.82) is 0 Å². The first kappa shape index (κ1) is 10.7. The zero-order chi connectivity index (χ0) is 8.97. The molecule has 2 unspecified atom stereocenters. The van der Waals surface area contributed by atoms with E-state index in [0.29, 0.717) is 10.9 Å². The number of thioether (sulfide) groups is 2. The van der Waals surface area contributed by atoms with E-state index in [1.54, 1.807) is 0 Å². The van der Waals surface area contributed by atoms with Crippen LogP contribution in [0.3, 0.4) is 0 Å². The topological polar surface area (TPSA) is 9.23 Å². The van der Waals surface area contributed by atoms with E-state index in [4.69, 9.17) is 4.74 Å². The van der Waals surface area contributed by atoms with Gasteiger partial charge >= 0.3 is 0 Å². The van der Waals surface area contributed by atoms with Crippen LogP contribution in [0.1, 0.15) is 40.0 Å². The molecule has 1 fully saturated rings. The van der Waals surface area contributed by atoms with E-state index in [1.807, 2.05) is 23.5 Å². The summed E-state index contributed by atoms with van der Waals surface area (Å²) in [5.74, 6) is 0. The molecule has 0 aromatic heterocycles. The Labute approximate surface area is 84.0 Å². The average Bonchev–Trinajstić information content (AvgIpc) is 2.16. The fourth-order valence-corrected chi connectivity index (χ4v) is 4.10. The third-order valence-corrected chi connectivity index (χ3v) is 5.35. The molecule has 0 bridgehead atoms. The molecule has 12 heavy (non-hydrogen) atoms. The van der Waals surface area contributed by atoms with Crippen molar-refractivity contribution in [3.8, 4) is 0 Å². The Morgan fingerprint density at radius 1 is 0.917 bits per heavy atom. The third kappa shape index (κ3) is 2.86. The summed E-state index contributed by atoms with van der Waals surface area (Å²) in [5, 5.41) is 0. The Morgan fingerprint density at radius 3 is 1.75 bits per heavy atom.